The fraction of sp³-hybridized carbons (Fsp3) is 0.583. The highest BCUT2D eigenvalue weighted by atomic mass is 32.2. The lowest BCUT2D eigenvalue weighted by atomic mass is 10.00. The third-order valence-corrected chi connectivity index (χ3v) is 8.27. The van der Waals surface area contributed by atoms with Crippen LogP contribution in [0.4, 0.5) is 10.2 Å². The molecule has 0 radical (unpaired) electrons. The summed E-state index contributed by atoms with van der Waals surface area (Å²) in [5.41, 5.74) is 2.50. The fourth-order valence-corrected chi connectivity index (χ4v) is 5.56. The van der Waals surface area contributed by atoms with Crippen LogP contribution in [0, 0.1) is 5.82 Å². The molecule has 1 aromatic heterocycles. The molecule has 1 aliphatic rings. The molecule has 8 heteroatoms. The van der Waals surface area contributed by atoms with Crippen LogP contribution in [0.25, 0.3) is 0 Å². The summed E-state index contributed by atoms with van der Waals surface area (Å²) in [5, 5.41) is 0. The van der Waals surface area contributed by atoms with E-state index in [1.165, 1.54) is 6.07 Å². The highest BCUT2D eigenvalue weighted by Gasteiger charge is 2.29. The van der Waals surface area contributed by atoms with Crippen molar-refractivity contribution in [3.8, 4) is 0 Å². The van der Waals surface area contributed by atoms with Gasteiger partial charge in [0, 0.05) is 49.8 Å². The normalized spacial score (nSPS) is 16.3. The van der Waals surface area contributed by atoms with Crippen molar-refractivity contribution < 1.29 is 12.8 Å². The molecule has 0 N–H and O–H groups in total. The van der Waals surface area contributed by atoms with E-state index in [-0.39, 0.29) is 17.5 Å². The van der Waals surface area contributed by atoms with Crippen LogP contribution in [0.3, 0.4) is 0 Å². The van der Waals surface area contributed by atoms with Crippen LogP contribution < -0.4 is 4.90 Å². The van der Waals surface area contributed by atoms with Gasteiger partial charge in [0.15, 0.2) is 0 Å². The van der Waals surface area contributed by atoms with Gasteiger partial charge in [-0.1, -0.05) is 45.9 Å². The van der Waals surface area contributed by atoms with Crippen molar-refractivity contribution in [2.45, 2.75) is 59.3 Å². The molecule has 1 aromatic carbocycles. The fourth-order valence-electron chi connectivity index (χ4n) is 4.07. The van der Waals surface area contributed by atoms with E-state index >= 15 is 0 Å². The number of halogens is 1. The smallest absolute Gasteiger partial charge is 0.214 e. The van der Waals surface area contributed by atoms with Crippen molar-refractivity contribution in [3.05, 3.63) is 52.7 Å². The molecule has 2 aromatic rings. The van der Waals surface area contributed by atoms with E-state index in [2.05, 4.69) is 25.7 Å². The first-order valence-electron chi connectivity index (χ1n) is 11.7. The number of aromatic nitrogens is 2. The number of nitrogens with zero attached hydrogens (tertiary/aromatic N) is 4. The molecule has 3 rings (SSSR count). The second-order valence-corrected chi connectivity index (χ2v) is 10.6. The summed E-state index contributed by atoms with van der Waals surface area (Å²) in [5.74, 6) is 1.78. The van der Waals surface area contributed by atoms with Crippen LogP contribution in [0.5, 0.6) is 0 Å². The minimum Gasteiger partial charge on any atom is -0.354 e. The number of rotatable bonds is 9. The highest BCUT2D eigenvalue weighted by Crippen LogP contribution is 2.29. The maximum Gasteiger partial charge on any atom is 0.214 e. The first-order chi connectivity index (χ1) is 15.3. The number of benzene rings is 1. The Morgan fingerprint density at radius 2 is 1.75 bits per heavy atom. The topological polar surface area (TPSA) is 66.4 Å². The predicted molar refractivity (Wildman–Crippen MR) is 127 cm³/mol. The molecule has 2 heterocycles. The first kappa shape index (κ1) is 24.6. The zero-order chi connectivity index (χ0) is 23.3. The van der Waals surface area contributed by atoms with Crippen LogP contribution in [0.2, 0.25) is 0 Å². The van der Waals surface area contributed by atoms with Crippen molar-refractivity contribution >= 4 is 15.8 Å². The summed E-state index contributed by atoms with van der Waals surface area (Å²) >= 11 is 0. The Morgan fingerprint density at radius 3 is 2.34 bits per heavy atom. The van der Waals surface area contributed by atoms with Crippen LogP contribution in [0.15, 0.2) is 24.3 Å². The van der Waals surface area contributed by atoms with Crippen molar-refractivity contribution in [1.82, 2.24) is 14.3 Å². The molecule has 0 bridgehead atoms. The Morgan fingerprint density at radius 1 is 1.06 bits per heavy atom. The van der Waals surface area contributed by atoms with Gasteiger partial charge in [0.25, 0.3) is 0 Å². The molecule has 0 amide bonds. The molecule has 6 nitrogen and oxygen atoms in total. The summed E-state index contributed by atoms with van der Waals surface area (Å²) in [6.45, 7) is 10.2. The van der Waals surface area contributed by atoms with Gasteiger partial charge in [-0.05, 0) is 30.9 Å². The summed E-state index contributed by atoms with van der Waals surface area (Å²) < 4.78 is 41.1. The average Bonchev–Trinajstić information content (AvgIpc) is 2.80. The van der Waals surface area contributed by atoms with Gasteiger partial charge in [-0.15, -0.1) is 0 Å². The Bertz CT molecular complexity index is 1020. The lowest BCUT2D eigenvalue weighted by Crippen LogP contribution is -2.50. The lowest BCUT2D eigenvalue weighted by Gasteiger charge is -2.36. The SMILES string of the molecule is CCCS(=O)(=O)N1CCN(c2nc(C(C)CC)nc(CC)c2Cc2ccccc2F)CC1. The molecule has 32 heavy (non-hydrogen) atoms. The molecule has 1 unspecified atom stereocenters. The maximum atomic E-state index is 14.5. The molecule has 1 atom stereocenters. The quantitative estimate of drug-likeness (QED) is 0.560. The number of sulfonamides is 1. The second kappa shape index (κ2) is 10.7. The van der Waals surface area contributed by atoms with E-state index in [0.29, 0.717) is 44.6 Å². The standard InChI is InChI=1S/C24H35FN4O2S/c1-5-16-32(30,31)29-14-12-28(13-15-29)24-20(17-19-10-8-9-11-21(19)25)22(7-3)26-23(27-24)18(4)6-2/h8-11,18H,5-7,12-17H2,1-4H3. The minimum absolute atomic E-state index is 0.178. The Kier molecular flexibility index (Phi) is 8.22. The molecular formula is C24H35FN4O2S. The van der Waals surface area contributed by atoms with Crippen molar-refractivity contribution in [2.24, 2.45) is 0 Å². The molecule has 1 fully saturated rings. The van der Waals surface area contributed by atoms with Gasteiger partial charge in [-0.2, -0.15) is 4.31 Å². The van der Waals surface area contributed by atoms with E-state index < -0.39 is 10.0 Å². The third kappa shape index (κ3) is 5.46. The van der Waals surface area contributed by atoms with Crippen LogP contribution in [0.1, 0.15) is 69.1 Å². The van der Waals surface area contributed by atoms with Crippen molar-refractivity contribution in [1.29, 1.82) is 0 Å². The summed E-state index contributed by atoms with van der Waals surface area (Å²) in [4.78, 5) is 12.0. The molecule has 1 aliphatic heterocycles. The highest BCUT2D eigenvalue weighted by molar-refractivity contribution is 7.89. The lowest BCUT2D eigenvalue weighted by molar-refractivity contribution is 0.383. The predicted octanol–water partition coefficient (Wildman–Crippen LogP) is 4.14. The third-order valence-electron chi connectivity index (χ3n) is 6.19. The van der Waals surface area contributed by atoms with Gasteiger partial charge in [0.2, 0.25) is 10.0 Å². The molecule has 0 aliphatic carbocycles. The van der Waals surface area contributed by atoms with E-state index in [1.54, 1.807) is 16.4 Å². The minimum atomic E-state index is -3.22. The van der Waals surface area contributed by atoms with Gasteiger partial charge in [-0.3, -0.25) is 0 Å². The Hall–Kier alpha value is -2.06. The van der Waals surface area contributed by atoms with Gasteiger partial charge < -0.3 is 4.90 Å². The van der Waals surface area contributed by atoms with E-state index in [9.17, 15) is 12.8 Å². The number of hydrogen-bond acceptors (Lipinski definition) is 5. The Labute approximate surface area is 191 Å². The van der Waals surface area contributed by atoms with Gasteiger partial charge >= 0.3 is 0 Å². The number of aryl methyl sites for hydroxylation is 1. The largest absolute Gasteiger partial charge is 0.354 e. The molecule has 176 valence electrons. The zero-order valence-corrected chi connectivity index (χ0v) is 20.5. The Balaban J connectivity index is 1.98. The molecule has 1 saturated heterocycles. The van der Waals surface area contributed by atoms with Crippen LogP contribution >= 0.6 is 0 Å². The molecular weight excluding hydrogens is 427 g/mol. The van der Waals surface area contributed by atoms with E-state index in [4.69, 9.17) is 9.97 Å². The second-order valence-electron chi connectivity index (χ2n) is 8.46. The molecule has 0 saturated carbocycles. The molecule has 0 spiro atoms. The zero-order valence-electron chi connectivity index (χ0n) is 19.6. The maximum absolute atomic E-state index is 14.5. The van der Waals surface area contributed by atoms with Crippen molar-refractivity contribution in [2.75, 3.05) is 36.8 Å². The van der Waals surface area contributed by atoms with E-state index in [0.717, 1.165) is 35.7 Å². The monoisotopic (exact) mass is 462 g/mol. The number of piperazine rings is 1. The van der Waals surface area contributed by atoms with Gasteiger partial charge in [0.05, 0.1) is 5.75 Å². The summed E-state index contributed by atoms with van der Waals surface area (Å²) in [6.07, 6.45) is 2.69. The average molecular weight is 463 g/mol. The van der Waals surface area contributed by atoms with Gasteiger partial charge in [0.1, 0.15) is 17.5 Å². The number of hydrogen-bond donors (Lipinski definition) is 0. The van der Waals surface area contributed by atoms with Crippen LogP contribution in [-0.4, -0.2) is 54.6 Å². The van der Waals surface area contributed by atoms with Gasteiger partial charge in [-0.25, -0.2) is 22.8 Å². The van der Waals surface area contributed by atoms with Crippen molar-refractivity contribution in [3.63, 3.8) is 0 Å². The number of anilines is 1. The first-order valence-corrected chi connectivity index (χ1v) is 13.3. The summed E-state index contributed by atoms with van der Waals surface area (Å²) in [6, 6.07) is 6.82. The van der Waals surface area contributed by atoms with E-state index in [1.807, 2.05) is 13.0 Å². The summed E-state index contributed by atoms with van der Waals surface area (Å²) in [7, 11) is -3.22. The van der Waals surface area contributed by atoms with Crippen LogP contribution in [-0.2, 0) is 22.9 Å².